The molecule has 0 radical (unpaired) electrons. The number of phenolic OH excluding ortho intramolecular Hbond substituents is 1. The first kappa shape index (κ1) is 32.9. The Bertz CT molecular complexity index is 1470. The second kappa shape index (κ2) is 14.8. The van der Waals surface area contributed by atoms with E-state index in [0.717, 1.165) is 74.1 Å². The number of phenols is 1. The average Bonchev–Trinajstić information content (AvgIpc) is 3.48. The van der Waals surface area contributed by atoms with Crippen molar-refractivity contribution >= 4 is 45.8 Å². The molecule has 11 heteroatoms. The minimum absolute atomic E-state index is 0.0683. The maximum atomic E-state index is 14.0. The first-order chi connectivity index (χ1) is 21.6. The lowest BCUT2D eigenvalue weighted by molar-refractivity contribution is -0.928. The number of halogens is 1. The van der Waals surface area contributed by atoms with Crippen molar-refractivity contribution in [3.63, 3.8) is 0 Å². The van der Waals surface area contributed by atoms with Crippen LogP contribution in [-0.2, 0) is 22.5 Å². The zero-order valence-electron chi connectivity index (χ0n) is 25.6. The Morgan fingerprint density at radius 2 is 1.69 bits per heavy atom. The molecule has 1 aromatic heterocycles. The number of esters is 1. The highest BCUT2D eigenvalue weighted by atomic mass is 35.5. The van der Waals surface area contributed by atoms with E-state index in [1.165, 1.54) is 4.90 Å². The number of imide groups is 1. The lowest BCUT2D eigenvalue weighted by Crippen LogP contribution is -2.62. The number of carbonyl (C=O) groups is 3. The summed E-state index contributed by atoms with van der Waals surface area (Å²) in [5.74, 6) is -0.740. The van der Waals surface area contributed by atoms with Gasteiger partial charge in [-0.15, -0.1) is 11.3 Å². The molecular weight excluding hydrogens is 612 g/mol. The molecule has 4 N–H and O–H groups in total. The number of aromatic hydroxyl groups is 1. The fraction of sp³-hybridized carbons (Fsp3) is 0.441. The summed E-state index contributed by atoms with van der Waals surface area (Å²) in [5, 5.41) is 13.7. The van der Waals surface area contributed by atoms with Gasteiger partial charge in [-0.05, 0) is 86.9 Å². The maximum absolute atomic E-state index is 14.0. The van der Waals surface area contributed by atoms with Crippen LogP contribution in [0.25, 0.3) is 0 Å². The van der Waals surface area contributed by atoms with Crippen LogP contribution in [0.1, 0.15) is 65.7 Å². The van der Waals surface area contributed by atoms with Crippen molar-refractivity contribution in [3.8, 4) is 5.75 Å². The van der Waals surface area contributed by atoms with Crippen molar-refractivity contribution in [3.05, 3.63) is 81.7 Å². The summed E-state index contributed by atoms with van der Waals surface area (Å²) in [4.78, 5) is 42.4. The fourth-order valence-corrected chi connectivity index (χ4v) is 7.36. The van der Waals surface area contributed by atoms with Crippen LogP contribution in [0.2, 0.25) is 5.02 Å². The third-order valence-electron chi connectivity index (χ3n) is 8.76. The van der Waals surface area contributed by atoms with Crippen LogP contribution in [0.15, 0.2) is 60.7 Å². The lowest BCUT2D eigenvalue weighted by Gasteiger charge is -2.44. The smallest absolute Gasteiger partial charge is 0.348 e. The number of nitrogens with one attached hydrogen (secondary N) is 1. The monoisotopic (exact) mass is 653 g/mol. The third-order valence-corrected chi connectivity index (χ3v) is 9.99. The number of anilines is 1. The van der Waals surface area contributed by atoms with Crippen LogP contribution in [0.3, 0.4) is 0 Å². The van der Waals surface area contributed by atoms with Gasteiger partial charge in [0.2, 0.25) is 5.91 Å². The molecule has 2 aliphatic rings. The van der Waals surface area contributed by atoms with E-state index in [0.29, 0.717) is 32.3 Å². The molecule has 2 fully saturated rings. The molecule has 1 aliphatic carbocycles. The number of nitrogens with zero attached hydrogens (tertiary/aromatic N) is 2. The Kier molecular flexibility index (Phi) is 10.8. The van der Waals surface area contributed by atoms with Gasteiger partial charge in [-0.2, -0.15) is 0 Å². The molecule has 2 heterocycles. The minimum Gasteiger partial charge on any atom is -0.508 e. The molecule has 0 spiro atoms. The van der Waals surface area contributed by atoms with Gasteiger partial charge in [0.15, 0.2) is 0 Å². The second-order valence-corrected chi connectivity index (χ2v) is 14.1. The number of hydrogen-bond acceptors (Lipinski definition) is 7. The predicted molar refractivity (Wildman–Crippen MR) is 176 cm³/mol. The average molecular weight is 654 g/mol. The molecule has 5 rings (SSSR count). The maximum Gasteiger partial charge on any atom is 0.348 e. The molecule has 2 aromatic carbocycles. The highest BCUT2D eigenvalue weighted by Gasteiger charge is 2.41. The van der Waals surface area contributed by atoms with E-state index in [9.17, 15) is 19.5 Å². The number of piperidine rings is 1. The SMILES string of the molecule is C[N+]1(Cc2ccc(Cl)cc2)CCC[C@H](N(C(=O)Nc2ccc(C(=O)OC3CCCCC3)s2)C(=O)[C@@H](N)Cc2ccc(O)cc2)C1. The number of hydrogen-bond donors (Lipinski definition) is 3. The van der Waals surface area contributed by atoms with Gasteiger partial charge in [-0.1, -0.05) is 42.3 Å². The van der Waals surface area contributed by atoms with E-state index < -0.39 is 23.9 Å². The van der Waals surface area contributed by atoms with Crippen molar-refractivity contribution in [2.75, 3.05) is 25.5 Å². The number of likely N-dealkylation sites (tertiary alicyclic amines) is 1. The fourth-order valence-electron chi connectivity index (χ4n) is 6.46. The summed E-state index contributed by atoms with van der Waals surface area (Å²) in [6, 6.07) is 15.7. The molecule has 3 aromatic rings. The Morgan fingerprint density at radius 1 is 1.00 bits per heavy atom. The Hall–Kier alpha value is -3.44. The van der Waals surface area contributed by atoms with Crippen LogP contribution in [0.4, 0.5) is 9.80 Å². The number of nitrogens with two attached hydrogens (primary N) is 1. The zero-order valence-corrected chi connectivity index (χ0v) is 27.2. The number of ether oxygens (including phenoxy) is 1. The van der Waals surface area contributed by atoms with Crippen molar-refractivity contribution in [2.45, 2.75) is 76.1 Å². The van der Waals surface area contributed by atoms with Crippen molar-refractivity contribution in [1.29, 1.82) is 0 Å². The third kappa shape index (κ3) is 8.85. The minimum atomic E-state index is -0.971. The van der Waals surface area contributed by atoms with Gasteiger partial charge < -0.3 is 20.1 Å². The van der Waals surface area contributed by atoms with Gasteiger partial charge in [0.25, 0.3) is 0 Å². The van der Waals surface area contributed by atoms with Crippen LogP contribution in [-0.4, -0.2) is 70.7 Å². The molecule has 240 valence electrons. The largest absolute Gasteiger partial charge is 0.508 e. The predicted octanol–water partition coefficient (Wildman–Crippen LogP) is 6.34. The van der Waals surface area contributed by atoms with E-state index in [1.807, 2.05) is 24.3 Å². The number of carbonyl (C=O) groups excluding carboxylic acids is 3. The van der Waals surface area contributed by atoms with Gasteiger partial charge in [0.1, 0.15) is 29.8 Å². The molecule has 9 nitrogen and oxygen atoms in total. The summed E-state index contributed by atoms with van der Waals surface area (Å²) >= 11 is 7.24. The van der Waals surface area contributed by atoms with E-state index in [4.69, 9.17) is 22.1 Å². The van der Waals surface area contributed by atoms with Crippen molar-refractivity contribution in [2.24, 2.45) is 5.73 Å². The van der Waals surface area contributed by atoms with Gasteiger partial charge in [-0.3, -0.25) is 15.0 Å². The Balaban J connectivity index is 1.33. The van der Waals surface area contributed by atoms with Crippen LogP contribution >= 0.6 is 22.9 Å². The second-order valence-electron chi connectivity index (χ2n) is 12.6. The summed E-state index contributed by atoms with van der Waals surface area (Å²) in [6.07, 6.45) is 6.65. The zero-order chi connectivity index (χ0) is 32.0. The first-order valence-corrected chi connectivity index (χ1v) is 16.8. The summed E-state index contributed by atoms with van der Waals surface area (Å²) < 4.78 is 6.35. The first-order valence-electron chi connectivity index (χ1n) is 15.6. The molecule has 3 amide bonds. The standard InChI is InChI=1S/C34H41ClN4O5S/c1-39(21-24-9-13-25(35)14-10-24)19-5-6-26(22-39)38(32(41)29(36)20-23-11-15-27(40)16-12-23)34(43)37-31-18-17-30(45-31)33(42)44-28-7-3-2-4-8-28/h9-18,26,28-29H,2-8,19-22,36H2,1H3,(H-,37,40,42,43)/p+1/t26-,29-,39?/m0/s1. The summed E-state index contributed by atoms with van der Waals surface area (Å²) in [6.45, 7) is 2.20. The van der Waals surface area contributed by atoms with Crippen LogP contribution in [0.5, 0.6) is 5.75 Å². The highest BCUT2D eigenvalue weighted by molar-refractivity contribution is 7.18. The van der Waals surface area contributed by atoms with Crippen LogP contribution < -0.4 is 11.1 Å². The summed E-state index contributed by atoms with van der Waals surface area (Å²) in [5.41, 5.74) is 8.36. The molecule has 45 heavy (non-hydrogen) atoms. The van der Waals surface area contributed by atoms with E-state index in [2.05, 4.69) is 12.4 Å². The number of thiophene rings is 1. The summed E-state index contributed by atoms with van der Waals surface area (Å²) in [7, 11) is 2.14. The number of rotatable bonds is 9. The molecule has 1 aliphatic heterocycles. The number of amides is 3. The molecule has 1 saturated carbocycles. The molecule has 3 atom stereocenters. The van der Waals surface area contributed by atoms with E-state index in [-0.39, 0.29) is 24.3 Å². The number of quaternary nitrogens is 1. The number of urea groups is 1. The number of benzene rings is 2. The molecule has 0 bridgehead atoms. The number of likely N-dealkylation sites (N-methyl/N-ethyl adjacent to an activating group) is 1. The Morgan fingerprint density at radius 3 is 2.40 bits per heavy atom. The molecule has 1 saturated heterocycles. The highest BCUT2D eigenvalue weighted by Crippen LogP contribution is 2.29. The van der Waals surface area contributed by atoms with E-state index >= 15 is 0 Å². The normalized spacial score (nSPS) is 21.1. The molecular formula is C34H42ClN4O5S+. The van der Waals surface area contributed by atoms with Gasteiger partial charge in [0.05, 0.1) is 30.7 Å². The van der Waals surface area contributed by atoms with Gasteiger partial charge in [0, 0.05) is 10.6 Å². The topological polar surface area (TPSA) is 122 Å². The quantitative estimate of drug-likeness (QED) is 0.183. The van der Waals surface area contributed by atoms with Gasteiger partial charge in [-0.25, -0.2) is 9.59 Å². The van der Waals surface area contributed by atoms with Gasteiger partial charge >= 0.3 is 12.0 Å². The Labute approximate surface area is 273 Å². The van der Waals surface area contributed by atoms with Crippen molar-refractivity contribution in [1.82, 2.24) is 4.90 Å². The lowest BCUT2D eigenvalue weighted by atomic mass is 9.98. The van der Waals surface area contributed by atoms with Crippen LogP contribution in [0, 0.1) is 0 Å². The van der Waals surface area contributed by atoms with Crippen molar-refractivity contribution < 1.29 is 28.7 Å². The van der Waals surface area contributed by atoms with E-state index in [1.54, 1.807) is 36.4 Å². The molecule has 1 unspecified atom stereocenters.